The largest absolute Gasteiger partial charge is 0.481 e. The van der Waals surface area contributed by atoms with Gasteiger partial charge in [0.1, 0.15) is 0 Å². The first-order valence-corrected chi connectivity index (χ1v) is 6.09. The highest BCUT2D eigenvalue weighted by Gasteiger charge is 2.07. The molecular weight excluding hydrogens is 240 g/mol. The number of rotatable bonds is 5. The van der Waals surface area contributed by atoms with Crippen LogP contribution in [0.25, 0.3) is 0 Å². The molecule has 0 aliphatic heterocycles. The van der Waals surface area contributed by atoms with Crippen LogP contribution >= 0.6 is 0 Å². The zero-order chi connectivity index (χ0) is 13.7. The van der Waals surface area contributed by atoms with Crippen LogP contribution in [0.2, 0.25) is 0 Å². The van der Waals surface area contributed by atoms with Crippen LogP contribution in [0.15, 0.2) is 42.7 Å². The first-order valence-electron chi connectivity index (χ1n) is 6.09. The van der Waals surface area contributed by atoms with E-state index in [1.165, 1.54) is 0 Å². The average Bonchev–Trinajstić information content (AvgIpc) is 2.38. The van der Waals surface area contributed by atoms with Gasteiger partial charge in [-0.05, 0) is 36.2 Å². The van der Waals surface area contributed by atoms with Crippen LogP contribution in [-0.2, 0) is 17.8 Å². The second-order valence-corrected chi connectivity index (χ2v) is 4.44. The number of nitrogens with one attached hydrogen (secondary N) is 1. The molecule has 2 aromatic rings. The van der Waals surface area contributed by atoms with Crippen molar-refractivity contribution >= 4 is 11.7 Å². The number of anilines is 1. The van der Waals surface area contributed by atoms with E-state index in [0.29, 0.717) is 6.54 Å². The molecule has 0 bridgehead atoms. The van der Waals surface area contributed by atoms with Crippen molar-refractivity contribution in [1.29, 1.82) is 0 Å². The number of hydrogen-bond acceptors (Lipinski definition) is 3. The molecule has 19 heavy (non-hydrogen) atoms. The molecular formula is C15H16N2O2. The standard InChI is InChI=1S/C15H16N2O2/c1-11-2-3-14(13(8-11)9-15(18)19)17-10-12-4-6-16-7-5-12/h2-8,17H,9-10H2,1H3,(H,18,19). The Morgan fingerprint density at radius 1 is 1.26 bits per heavy atom. The molecule has 0 fully saturated rings. The molecule has 0 amide bonds. The van der Waals surface area contributed by atoms with E-state index in [1.54, 1.807) is 12.4 Å². The summed E-state index contributed by atoms with van der Waals surface area (Å²) in [6, 6.07) is 9.66. The molecule has 0 spiro atoms. The van der Waals surface area contributed by atoms with Gasteiger partial charge < -0.3 is 10.4 Å². The Balaban J connectivity index is 2.13. The summed E-state index contributed by atoms with van der Waals surface area (Å²) in [4.78, 5) is 14.8. The minimum atomic E-state index is -0.822. The van der Waals surface area contributed by atoms with Gasteiger partial charge in [0.05, 0.1) is 6.42 Å². The summed E-state index contributed by atoms with van der Waals surface area (Å²) < 4.78 is 0. The van der Waals surface area contributed by atoms with Crippen molar-refractivity contribution in [2.24, 2.45) is 0 Å². The number of carboxylic acids is 1. The van der Waals surface area contributed by atoms with Crippen molar-refractivity contribution in [3.63, 3.8) is 0 Å². The van der Waals surface area contributed by atoms with Crippen LogP contribution < -0.4 is 5.32 Å². The van der Waals surface area contributed by atoms with Crippen molar-refractivity contribution in [2.45, 2.75) is 19.9 Å². The minimum Gasteiger partial charge on any atom is -0.481 e. The molecule has 0 unspecified atom stereocenters. The number of aliphatic carboxylic acids is 1. The fraction of sp³-hybridized carbons (Fsp3) is 0.200. The van der Waals surface area contributed by atoms with Gasteiger partial charge in [0.2, 0.25) is 0 Å². The van der Waals surface area contributed by atoms with E-state index in [9.17, 15) is 4.79 Å². The molecule has 2 N–H and O–H groups in total. The zero-order valence-electron chi connectivity index (χ0n) is 10.8. The number of carbonyl (C=O) groups is 1. The van der Waals surface area contributed by atoms with Gasteiger partial charge in [-0.2, -0.15) is 0 Å². The first kappa shape index (κ1) is 13.1. The number of aromatic nitrogens is 1. The summed E-state index contributed by atoms with van der Waals surface area (Å²) in [5, 5.41) is 12.2. The molecule has 0 aliphatic rings. The molecule has 1 aromatic heterocycles. The number of aryl methyl sites for hydroxylation is 1. The lowest BCUT2D eigenvalue weighted by atomic mass is 10.1. The van der Waals surface area contributed by atoms with Crippen LogP contribution in [0, 0.1) is 6.92 Å². The number of carboxylic acid groups (broad SMARTS) is 1. The lowest BCUT2D eigenvalue weighted by Crippen LogP contribution is -2.07. The highest BCUT2D eigenvalue weighted by Crippen LogP contribution is 2.19. The van der Waals surface area contributed by atoms with Gasteiger partial charge in [-0.1, -0.05) is 17.7 Å². The van der Waals surface area contributed by atoms with Crippen molar-refractivity contribution < 1.29 is 9.90 Å². The lowest BCUT2D eigenvalue weighted by Gasteiger charge is -2.12. The maximum Gasteiger partial charge on any atom is 0.307 e. The maximum absolute atomic E-state index is 10.9. The topological polar surface area (TPSA) is 62.2 Å². The second-order valence-electron chi connectivity index (χ2n) is 4.44. The van der Waals surface area contributed by atoms with Gasteiger partial charge in [0.25, 0.3) is 0 Å². The molecule has 1 heterocycles. The van der Waals surface area contributed by atoms with Gasteiger partial charge in [0.15, 0.2) is 0 Å². The SMILES string of the molecule is Cc1ccc(NCc2ccncc2)c(CC(=O)O)c1. The van der Waals surface area contributed by atoms with E-state index in [-0.39, 0.29) is 6.42 Å². The quantitative estimate of drug-likeness (QED) is 0.863. The van der Waals surface area contributed by atoms with Gasteiger partial charge in [-0.15, -0.1) is 0 Å². The molecule has 0 saturated heterocycles. The summed E-state index contributed by atoms with van der Waals surface area (Å²) in [6.07, 6.45) is 3.51. The molecule has 0 saturated carbocycles. The Morgan fingerprint density at radius 2 is 2.00 bits per heavy atom. The molecule has 98 valence electrons. The maximum atomic E-state index is 10.9. The third-order valence-corrected chi connectivity index (χ3v) is 2.83. The molecule has 1 aromatic carbocycles. The van der Waals surface area contributed by atoms with E-state index in [2.05, 4.69) is 10.3 Å². The molecule has 0 atom stereocenters. The van der Waals surface area contributed by atoms with Gasteiger partial charge in [-0.3, -0.25) is 9.78 Å². The fourth-order valence-corrected chi connectivity index (χ4v) is 1.90. The van der Waals surface area contributed by atoms with Crippen LogP contribution in [0.5, 0.6) is 0 Å². The van der Waals surface area contributed by atoms with E-state index >= 15 is 0 Å². The number of pyridine rings is 1. The second kappa shape index (κ2) is 6.00. The highest BCUT2D eigenvalue weighted by atomic mass is 16.4. The van der Waals surface area contributed by atoms with Gasteiger partial charge in [-0.25, -0.2) is 0 Å². The minimum absolute atomic E-state index is 0.0281. The Kier molecular flexibility index (Phi) is 4.13. The number of hydrogen-bond donors (Lipinski definition) is 2. The molecule has 4 nitrogen and oxygen atoms in total. The van der Waals surface area contributed by atoms with Crippen LogP contribution in [0.3, 0.4) is 0 Å². The van der Waals surface area contributed by atoms with E-state index in [4.69, 9.17) is 5.11 Å². The van der Waals surface area contributed by atoms with Crippen LogP contribution in [-0.4, -0.2) is 16.1 Å². The van der Waals surface area contributed by atoms with Gasteiger partial charge in [0, 0.05) is 24.6 Å². The fourth-order valence-electron chi connectivity index (χ4n) is 1.90. The molecule has 0 aliphatic carbocycles. The summed E-state index contributed by atoms with van der Waals surface area (Å²) in [5.41, 5.74) is 3.84. The predicted molar refractivity (Wildman–Crippen MR) is 74.1 cm³/mol. The van der Waals surface area contributed by atoms with Crippen molar-refractivity contribution in [3.8, 4) is 0 Å². The van der Waals surface area contributed by atoms with Gasteiger partial charge >= 0.3 is 5.97 Å². The van der Waals surface area contributed by atoms with E-state index < -0.39 is 5.97 Å². The summed E-state index contributed by atoms with van der Waals surface area (Å²) in [7, 11) is 0. The van der Waals surface area contributed by atoms with Crippen LogP contribution in [0.1, 0.15) is 16.7 Å². The summed E-state index contributed by atoms with van der Waals surface area (Å²) in [6.45, 7) is 2.61. The lowest BCUT2D eigenvalue weighted by molar-refractivity contribution is -0.136. The third-order valence-electron chi connectivity index (χ3n) is 2.83. The Hall–Kier alpha value is -2.36. The number of nitrogens with zero attached hydrogens (tertiary/aromatic N) is 1. The summed E-state index contributed by atoms with van der Waals surface area (Å²) in [5.74, 6) is -0.822. The smallest absolute Gasteiger partial charge is 0.307 e. The van der Waals surface area contributed by atoms with Crippen LogP contribution in [0.4, 0.5) is 5.69 Å². The van der Waals surface area contributed by atoms with Crippen molar-refractivity contribution in [2.75, 3.05) is 5.32 Å². The normalized spacial score (nSPS) is 10.2. The monoisotopic (exact) mass is 256 g/mol. The van der Waals surface area contributed by atoms with E-state index in [1.807, 2.05) is 37.3 Å². The average molecular weight is 256 g/mol. The molecule has 2 rings (SSSR count). The zero-order valence-corrected chi connectivity index (χ0v) is 10.8. The van der Waals surface area contributed by atoms with Crippen molar-refractivity contribution in [1.82, 2.24) is 4.98 Å². The Bertz CT molecular complexity index is 568. The molecule has 0 radical (unpaired) electrons. The predicted octanol–water partition coefficient (Wildman–Crippen LogP) is 2.63. The Morgan fingerprint density at radius 3 is 2.68 bits per heavy atom. The number of benzene rings is 1. The highest BCUT2D eigenvalue weighted by molar-refractivity contribution is 5.73. The third kappa shape index (κ3) is 3.81. The molecule has 4 heteroatoms. The summed E-state index contributed by atoms with van der Waals surface area (Å²) >= 11 is 0. The first-order chi connectivity index (χ1) is 9.15. The van der Waals surface area contributed by atoms with E-state index in [0.717, 1.165) is 22.4 Å². The Labute approximate surface area is 112 Å². The van der Waals surface area contributed by atoms with Crippen molar-refractivity contribution in [3.05, 3.63) is 59.4 Å².